The number of aromatic nitrogens is 4. The molecular weight excluding hydrogens is 312 g/mol. The van der Waals surface area contributed by atoms with E-state index in [0.717, 1.165) is 0 Å². The second kappa shape index (κ2) is 6.06. The third kappa shape index (κ3) is 2.89. The molecule has 0 saturated heterocycles. The highest BCUT2D eigenvalue weighted by molar-refractivity contribution is 5.74. The normalized spacial score (nSPS) is 13.5. The summed E-state index contributed by atoms with van der Waals surface area (Å²) in [5.41, 5.74) is 1.12. The number of carbonyl (C=O) groups excluding carboxylic acids is 1. The predicted octanol–water partition coefficient (Wildman–Crippen LogP) is 0.821. The molecule has 9 heteroatoms. The summed E-state index contributed by atoms with van der Waals surface area (Å²) in [6.07, 6.45) is 0. The van der Waals surface area contributed by atoms with Crippen LogP contribution in [-0.2, 0) is 26.7 Å². The summed E-state index contributed by atoms with van der Waals surface area (Å²) in [5.74, 6) is 1.74. The maximum absolute atomic E-state index is 12.3. The van der Waals surface area contributed by atoms with Gasteiger partial charge < -0.3 is 14.7 Å². The first-order valence-electron chi connectivity index (χ1n) is 7.77. The van der Waals surface area contributed by atoms with Gasteiger partial charge in [0.1, 0.15) is 5.82 Å². The number of urea groups is 1. The lowest BCUT2D eigenvalue weighted by molar-refractivity contribution is 0.197. The molecule has 2 amide bonds. The van der Waals surface area contributed by atoms with Crippen LogP contribution in [0, 0.1) is 6.92 Å². The summed E-state index contributed by atoms with van der Waals surface area (Å²) in [6.45, 7) is 6.42. The number of hydrogen-bond acceptors (Lipinski definition) is 6. The van der Waals surface area contributed by atoms with Crippen molar-refractivity contribution in [1.82, 2.24) is 29.9 Å². The average Bonchev–Trinajstić information content (AvgIpc) is 3.17. The first kappa shape index (κ1) is 16.2. The van der Waals surface area contributed by atoms with Crippen LogP contribution in [0.2, 0.25) is 0 Å². The van der Waals surface area contributed by atoms with E-state index in [9.17, 15) is 9.59 Å². The smallest absolute Gasteiger partial charge is 0.318 e. The molecule has 0 spiro atoms. The molecule has 3 rings (SSSR count). The molecule has 9 nitrogen and oxygen atoms in total. The first-order valence-corrected chi connectivity index (χ1v) is 7.77. The van der Waals surface area contributed by atoms with Crippen LogP contribution in [0.4, 0.5) is 4.79 Å². The standard InChI is InChI=1S/C15H20N6O3/c1-8(2)13-18-12(19-24-13)5-16-15(23)21-6-10-11(7-21)17-9(3)20(4)14(10)22/h8H,5-7H2,1-4H3,(H,16,23). The van der Waals surface area contributed by atoms with E-state index in [2.05, 4.69) is 20.4 Å². The zero-order chi connectivity index (χ0) is 17.4. The van der Waals surface area contributed by atoms with Crippen molar-refractivity contribution >= 4 is 6.03 Å². The van der Waals surface area contributed by atoms with Crippen molar-refractivity contribution in [3.63, 3.8) is 0 Å². The van der Waals surface area contributed by atoms with Crippen LogP contribution in [0.3, 0.4) is 0 Å². The molecule has 128 valence electrons. The molecule has 24 heavy (non-hydrogen) atoms. The number of carbonyl (C=O) groups is 1. The molecule has 1 aliphatic rings. The quantitative estimate of drug-likeness (QED) is 0.892. The third-order valence-electron chi connectivity index (χ3n) is 4.05. The van der Waals surface area contributed by atoms with Crippen molar-refractivity contribution in [1.29, 1.82) is 0 Å². The Morgan fingerprint density at radius 2 is 2.08 bits per heavy atom. The highest BCUT2D eigenvalue weighted by Crippen LogP contribution is 2.18. The molecule has 0 saturated carbocycles. The Morgan fingerprint density at radius 3 is 2.75 bits per heavy atom. The lowest BCUT2D eigenvalue weighted by Gasteiger charge is -2.14. The van der Waals surface area contributed by atoms with Gasteiger partial charge >= 0.3 is 6.03 Å². The van der Waals surface area contributed by atoms with Gasteiger partial charge in [0.15, 0.2) is 5.82 Å². The lowest BCUT2D eigenvalue weighted by atomic mass is 10.2. The van der Waals surface area contributed by atoms with Crippen LogP contribution in [0.25, 0.3) is 0 Å². The largest absolute Gasteiger partial charge is 0.339 e. The Hall–Kier alpha value is -2.71. The zero-order valence-corrected chi connectivity index (χ0v) is 14.2. The second-order valence-corrected chi connectivity index (χ2v) is 6.17. The van der Waals surface area contributed by atoms with Crippen LogP contribution < -0.4 is 10.9 Å². The molecule has 3 heterocycles. The maximum atomic E-state index is 12.3. The summed E-state index contributed by atoms with van der Waals surface area (Å²) >= 11 is 0. The Labute approximate surface area is 138 Å². The molecule has 0 unspecified atom stereocenters. The Morgan fingerprint density at radius 1 is 1.33 bits per heavy atom. The van der Waals surface area contributed by atoms with E-state index in [0.29, 0.717) is 35.3 Å². The summed E-state index contributed by atoms with van der Waals surface area (Å²) in [7, 11) is 1.68. The van der Waals surface area contributed by atoms with E-state index in [1.807, 2.05) is 13.8 Å². The summed E-state index contributed by atoms with van der Waals surface area (Å²) in [4.78, 5) is 34.7. The predicted molar refractivity (Wildman–Crippen MR) is 84.1 cm³/mol. The molecule has 0 fully saturated rings. The minimum atomic E-state index is -0.288. The van der Waals surface area contributed by atoms with Gasteiger partial charge in [-0.05, 0) is 6.92 Å². The van der Waals surface area contributed by atoms with Gasteiger partial charge in [-0.3, -0.25) is 9.36 Å². The fourth-order valence-electron chi connectivity index (χ4n) is 2.51. The monoisotopic (exact) mass is 332 g/mol. The summed E-state index contributed by atoms with van der Waals surface area (Å²) < 4.78 is 6.59. The Bertz CT molecular complexity index is 838. The maximum Gasteiger partial charge on any atom is 0.318 e. The van der Waals surface area contributed by atoms with Crippen LogP contribution in [0.15, 0.2) is 9.32 Å². The van der Waals surface area contributed by atoms with Crippen molar-refractivity contribution in [2.24, 2.45) is 7.05 Å². The average molecular weight is 332 g/mol. The molecule has 2 aromatic heterocycles. The number of rotatable bonds is 3. The fourth-order valence-corrected chi connectivity index (χ4v) is 2.51. The third-order valence-corrected chi connectivity index (χ3v) is 4.05. The number of fused-ring (bicyclic) bond motifs is 1. The molecule has 0 radical (unpaired) electrons. The van der Waals surface area contributed by atoms with Crippen LogP contribution in [0.5, 0.6) is 0 Å². The summed E-state index contributed by atoms with van der Waals surface area (Å²) in [6, 6.07) is -0.288. The van der Waals surface area contributed by atoms with Gasteiger partial charge in [-0.15, -0.1) is 0 Å². The van der Waals surface area contributed by atoms with E-state index in [-0.39, 0.29) is 30.6 Å². The SMILES string of the molecule is Cc1nc2c(c(=O)n1C)CN(C(=O)NCc1noc(C(C)C)n1)C2. The molecule has 0 atom stereocenters. The van der Waals surface area contributed by atoms with Gasteiger partial charge in [0, 0.05) is 13.0 Å². The minimum Gasteiger partial charge on any atom is -0.339 e. The molecule has 0 bridgehead atoms. The number of aryl methyl sites for hydroxylation is 1. The Balaban J connectivity index is 1.65. The molecular formula is C15H20N6O3. The number of hydrogen-bond donors (Lipinski definition) is 1. The van der Waals surface area contributed by atoms with Crippen molar-refractivity contribution in [3.05, 3.63) is 39.2 Å². The number of amides is 2. The molecule has 2 aromatic rings. The van der Waals surface area contributed by atoms with Crippen LogP contribution >= 0.6 is 0 Å². The number of nitrogens with zero attached hydrogens (tertiary/aromatic N) is 5. The van der Waals surface area contributed by atoms with Gasteiger partial charge in [-0.2, -0.15) is 4.98 Å². The van der Waals surface area contributed by atoms with Crippen molar-refractivity contribution in [3.8, 4) is 0 Å². The van der Waals surface area contributed by atoms with Gasteiger partial charge in [0.05, 0.1) is 30.9 Å². The Kier molecular flexibility index (Phi) is 4.08. The fraction of sp³-hybridized carbons (Fsp3) is 0.533. The molecule has 1 N–H and O–H groups in total. The van der Waals surface area contributed by atoms with E-state index in [1.165, 1.54) is 4.57 Å². The van der Waals surface area contributed by atoms with Crippen LogP contribution in [-0.4, -0.2) is 30.6 Å². The highest BCUT2D eigenvalue weighted by atomic mass is 16.5. The van der Waals surface area contributed by atoms with E-state index >= 15 is 0 Å². The lowest BCUT2D eigenvalue weighted by Crippen LogP contribution is -2.36. The van der Waals surface area contributed by atoms with Crippen LogP contribution in [0.1, 0.15) is 48.6 Å². The van der Waals surface area contributed by atoms with Gasteiger partial charge in [0.25, 0.3) is 5.56 Å². The van der Waals surface area contributed by atoms with Crippen molar-refractivity contribution < 1.29 is 9.32 Å². The topological polar surface area (TPSA) is 106 Å². The van der Waals surface area contributed by atoms with Gasteiger partial charge in [-0.25, -0.2) is 9.78 Å². The highest BCUT2D eigenvalue weighted by Gasteiger charge is 2.28. The van der Waals surface area contributed by atoms with E-state index in [4.69, 9.17) is 4.52 Å². The molecule has 1 aliphatic heterocycles. The molecule has 0 aliphatic carbocycles. The summed E-state index contributed by atoms with van der Waals surface area (Å²) in [5, 5.41) is 6.57. The minimum absolute atomic E-state index is 0.104. The van der Waals surface area contributed by atoms with Crippen molar-refractivity contribution in [2.75, 3.05) is 0 Å². The second-order valence-electron chi connectivity index (χ2n) is 6.17. The van der Waals surface area contributed by atoms with Crippen molar-refractivity contribution in [2.45, 2.75) is 46.3 Å². The van der Waals surface area contributed by atoms with Gasteiger partial charge in [0.2, 0.25) is 5.89 Å². The molecule has 0 aromatic carbocycles. The van der Waals surface area contributed by atoms with E-state index < -0.39 is 0 Å². The zero-order valence-electron chi connectivity index (χ0n) is 14.2. The first-order chi connectivity index (χ1) is 11.4. The van der Waals surface area contributed by atoms with Gasteiger partial charge in [-0.1, -0.05) is 19.0 Å². The van der Waals surface area contributed by atoms with E-state index in [1.54, 1.807) is 18.9 Å². The number of nitrogens with one attached hydrogen (secondary N) is 1.